The summed E-state index contributed by atoms with van der Waals surface area (Å²) >= 11 is 1.69. The van der Waals surface area contributed by atoms with Crippen LogP contribution in [0.5, 0.6) is 0 Å². The highest BCUT2D eigenvalue weighted by atomic mass is 32.2. The number of carbonyl (C=O) groups excluding carboxylic acids is 1. The molecule has 0 spiro atoms. The van der Waals surface area contributed by atoms with Gasteiger partial charge in [0.05, 0.1) is 12.3 Å². The molecule has 0 radical (unpaired) electrons. The fourth-order valence-electron chi connectivity index (χ4n) is 3.11. The first-order valence-corrected chi connectivity index (χ1v) is 10.3. The summed E-state index contributed by atoms with van der Waals surface area (Å²) in [7, 11) is 0. The molecule has 1 aliphatic heterocycles. The minimum atomic E-state index is -0.230. The van der Waals surface area contributed by atoms with Gasteiger partial charge in [-0.25, -0.2) is 5.43 Å². The van der Waals surface area contributed by atoms with Crippen LogP contribution in [0.3, 0.4) is 0 Å². The Morgan fingerprint density at radius 2 is 2.00 bits per heavy atom. The fraction of sp³-hybridized carbons (Fsp3) is 0.333. The van der Waals surface area contributed by atoms with Crippen molar-refractivity contribution >= 4 is 23.9 Å². The lowest BCUT2D eigenvalue weighted by Gasteiger charge is -2.29. The van der Waals surface area contributed by atoms with Crippen molar-refractivity contribution in [3.8, 4) is 0 Å². The SMILES string of the molecule is CSc1ccc(/C=N/NC(=O)c2ccc(CN3CCCC(O)C3)cc2)cc1. The number of benzene rings is 2. The van der Waals surface area contributed by atoms with E-state index in [1.54, 1.807) is 18.0 Å². The summed E-state index contributed by atoms with van der Waals surface area (Å²) in [5.74, 6) is -0.230. The van der Waals surface area contributed by atoms with Crippen molar-refractivity contribution in [3.05, 3.63) is 65.2 Å². The zero-order chi connectivity index (χ0) is 19.1. The van der Waals surface area contributed by atoms with Crippen LogP contribution in [0, 0.1) is 0 Å². The topological polar surface area (TPSA) is 64.9 Å². The molecule has 142 valence electrons. The van der Waals surface area contributed by atoms with Crippen LogP contribution in [-0.4, -0.2) is 47.6 Å². The number of β-amino-alcohol motifs (C(OH)–C–C–N with tert-alkyl or cyclic N) is 1. The van der Waals surface area contributed by atoms with Gasteiger partial charge in [-0.1, -0.05) is 24.3 Å². The van der Waals surface area contributed by atoms with Crippen molar-refractivity contribution in [1.29, 1.82) is 0 Å². The second-order valence-corrected chi connectivity index (χ2v) is 7.58. The van der Waals surface area contributed by atoms with E-state index in [1.165, 1.54) is 4.90 Å². The van der Waals surface area contributed by atoms with E-state index in [0.717, 1.165) is 43.6 Å². The van der Waals surface area contributed by atoms with Crippen LogP contribution in [0.2, 0.25) is 0 Å². The van der Waals surface area contributed by atoms with Gasteiger partial charge in [-0.15, -0.1) is 11.8 Å². The molecule has 1 saturated heterocycles. The van der Waals surface area contributed by atoms with Crippen molar-refractivity contribution in [2.24, 2.45) is 5.10 Å². The Balaban J connectivity index is 1.51. The third kappa shape index (κ3) is 5.92. The minimum Gasteiger partial charge on any atom is -0.392 e. The van der Waals surface area contributed by atoms with Gasteiger partial charge in [-0.05, 0) is 61.0 Å². The molecule has 0 aliphatic carbocycles. The van der Waals surface area contributed by atoms with E-state index in [0.29, 0.717) is 5.56 Å². The zero-order valence-corrected chi connectivity index (χ0v) is 16.3. The zero-order valence-electron chi connectivity index (χ0n) is 15.5. The lowest BCUT2D eigenvalue weighted by atomic mass is 10.1. The van der Waals surface area contributed by atoms with Crippen LogP contribution < -0.4 is 5.43 Å². The number of likely N-dealkylation sites (tertiary alicyclic amines) is 1. The number of aliphatic hydroxyl groups excluding tert-OH is 1. The number of hydrazone groups is 1. The van der Waals surface area contributed by atoms with Crippen molar-refractivity contribution in [3.63, 3.8) is 0 Å². The number of amides is 1. The van der Waals surface area contributed by atoms with Crippen LogP contribution >= 0.6 is 11.8 Å². The summed E-state index contributed by atoms with van der Waals surface area (Å²) in [5.41, 5.74) is 5.21. The summed E-state index contributed by atoms with van der Waals surface area (Å²) in [6.07, 6.45) is 5.36. The number of piperidine rings is 1. The molecule has 1 unspecified atom stereocenters. The summed E-state index contributed by atoms with van der Waals surface area (Å²) in [5, 5.41) is 13.8. The first-order chi connectivity index (χ1) is 13.1. The van der Waals surface area contributed by atoms with E-state index < -0.39 is 0 Å². The van der Waals surface area contributed by atoms with Crippen LogP contribution in [-0.2, 0) is 6.54 Å². The molecular weight excluding hydrogens is 358 g/mol. The molecule has 2 N–H and O–H groups in total. The van der Waals surface area contributed by atoms with E-state index in [4.69, 9.17) is 0 Å². The Bertz CT molecular complexity index is 775. The summed E-state index contributed by atoms with van der Waals surface area (Å²) in [6.45, 7) is 2.52. The van der Waals surface area contributed by atoms with Crippen LogP contribution in [0.25, 0.3) is 0 Å². The quantitative estimate of drug-likeness (QED) is 0.457. The maximum Gasteiger partial charge on any atom is 0.271 e. The van der Waals surface area contributed by atoms with E-state index in [2.05, 4.69) is 15.4 Å². The van der Waals surface area contributed by atoms with E-state index in [9.17, 15) is 9.90 Å². The van der Waals surface area contributed by atoms with Crippen molar-refractivity contribution in [1.82, 2.24) is 10.3 Å². The monoisotopic (exact) mass is 383 g/mol. The van der Waals surface area contributed by atoms with Gasteiger partial charge < -0.3 is 5.11 Å². The number of hydrogen-bond acceptors (Lipinski definition) is 5. The van der Waals surface area contributed by atoms with Crippen molar-refractivity contribution in [2.75, 3.05) is 19.3 Å². The molecular formula is C21H25N3O2S. The molecule has 3 rings (SSSR count). The Morgan fingerprint density at radius 1 is 1.26 bits per heavy atom. The molecule has 2 aromatic rings. The number of hydrogen-bond donors (Lipinski definition) is 2. The summed E-state index contributed by atoms with van der Waals surface area (Å²) in [4.78, 5) is 15.6. The van der Waals surface area contributed by atoms with Gasteiger partial charge in [-0.3, -0.25) is 9.69 Å². The van der Waals surface area contributed by atoms with Gasteiger partial charge >= 0.3 is 0 Å². The standard InChI is InChI=1S/C21H25N3O2S/c1-27-20-10-6-16(7-11-20)13-22-23-21(26)18-8-4-17(5-9-18)14-24-12-2-3-19(25)15-24/h4-11,13,19,25H,2-3,12,14-15H2,1H3,(H,23,26)/b22-13+. The maximum absolute atomic E-state index is 12.2. The third-order valence-electron chi connectivity index (χ3n) is 4.60. The van der Waals surface area contributed by atoms with Crippen LogP contribution in [0.4, 0.5) is 0 Å². The molecule has 1 amide bonds. The number of carbonyl (C=O) groups is 1. The number of thioether (sulfide) groups is 1. The predicted molar refractivity (Wildman–Crippen MR) is 110 cm³/mol. The van der Waals surface area contributed by atoms with Crippen molar-refractivity contribution < 1.29 is 9.90 Å². The Kier molecular flexibility index (Phi) is 7.04. The predicted octanol–water partition coefficient (Wildman–Crippen LogP) is 3.13. The average molecular weight is 384 g/mol. The lowest BCUT2D eigenvalue weighted by molar-refractivity contribution is 0.0668. The second-order valence-electron chi connectivity index (χ2n) is 6.70. The number of nitrogens with one attached hydrogen (secondary N) is 1. The fourth-order valence-corrected chi connectivity index (χ4v) is 3.52. The first kappa shape index (κ1) is 19.6. The highest BCUT2D eigenvalue weighted by molar-refractivity contribution is 7.98. The van der Waals surface area contributed by atoms with Crippen molar-refractivity contribution in [2.45, 2.75) is 30.4 Å². The second kappa shape index (κ2) is 9.69. The normalized spacial score (nSPS) is 17.9. The van der Waals surface area contributed by atoms with E-state index in [-0.39, 0.29) is 12.0 Å². The molecule has 0 bridgehead atoms. The lowest BCUT2D eigenvalue weighted by Crippen LogP contribution is -2.37. The molecule has 2 aromatic carbocycles. The van der Waals surface area contributed by atoms with E-state index in [1.807, 2.05) is 54.8 Å². The summed E-state index contributed by atoms with van der Waals surface area (Å²) < 4.78 is 0. The highest BCUT2D eigenvalue weighted by Gasteiger charge is 2.17. The Morgan fingerprint density at radius 3 is 2.67 bits per heavy atom. The molecule has 6 heteroatoms. The van der Waals surface area contributed by atoms with Crippen LogP contribution in [0.15, 0.2) is 58.5 Å². The molecule has 0 aromatic heterocycles. The highest BCUT2D eigenvalue weighted by Crippen LogP contribution is 2.15. The van der Waals surface area contributed by atoms with E-state index >= 15 is 0 Å². The Hall–Kier alpha value is -2.15. The number of aliphatic hydroxyl groups is 1. The molecule has 27 heavy (non-hydrogen) atoms. The largest absolute Gasteiger partial charge is 0.392 e. The van der Waals surface area contributed by atoms with Crippen LogP contribution in [0.1, 0.15) is 34.3 Å². The molecule has 5 nitrogen and oxygen atoms in total. The smallest absolute Gasteiger partial charge is 0.271 e. The maximum atomic E-state index is 12.2. The van der Waals surface area contributed by atoms with Gasteiger partial charge in [0.15, 0.2) is 0 Å². The molecule has 1 heterocycles. The van der Waals surface area contributed by atoms with Gasteiger partial charge in [0.2, 0.25) is 0 Å². The molecule has 0 saturated carbocycles. The third-order valence-corrected chi connectivity index (χ3v) is 5.34. The minimum absolute atomic E-state index is 0.224. The van der Waals surface area contributed by atoms with Gasteiger partial charge in [0.25, 0.3) is 5.91 Å². The van der Waals surface area contributed by atoms with Gasteiger partial charge in [0, 0.05) is 23.5 Å². The Labute approximate surface area is 164 Å². The first-order valence-electron chi connectivity index (χ1n) is 9.11. The summed E-state index contributed by atoms with van der Waals surface area (Å²) in [6, 6.07) is 15.5. The molecule has 1 fully saturated rings. The van der Waals surface area contributed by atoms with Gasteiger partial charge in [-0.2, -0.15) is 5.10 Å². The number of rotatable bonds is 6. The number of nitrogens with zero attached hydrogens (tertiary/aromatic N) is 2. The average Bonchev–Trinajstić information content (AvgIpc) is 2.69. The molecule has 1 aliphatic rings. The molecule has 1 atom stereocenters. The van der Waals surface area contributed by atoms with Gasteiger partial charge in [0.1, 0.15) is 0 Å².